The van der Waals surface area contributed by atoms with Gasteiger partial charge in [-0.3, -0.25) is 18.9 Å². The third-order valence-corrected chi connectivity index (χ3v) is 7.08. The van der Waals surface area contributed by atoms with Gasteiger partial charge in [0.2, 0.25) is 0 Å². The molecule has 1 aromatic heterocycles. The maximum absolute atomic E-state index is 11.7. The topological polar surface area (TPSA) is 264 Å². The van der Waals surface area contributed by atoms with E-state index in [4.69, 9.17) is 19.4 Å². The van der Waals surface area contributed by atoms with Gasteiger partial charge in [-0.15, -0.1) is 0 Å². The Morgan fingerprint density at radius 1 is 1.03 bits per heavy atom. The van der Waals surface area contributed by atoms with Gasteiger partial charge in [-0.1, -0.05) is 0 Å². The van der Waals surface area contributed by atoms with Crippen molar-refractivity contribution >= 4 is 23.5 Å². The van der Waals surface area contributed by atoms with E-state index in [1.54, 1.807) is 0 Å². The second kappa shape index (κ2) is 12.1. The number of aromatic amines is 1. The summed E-state index contributed by atoms with van der Waals surface area (Å²) in [6.07, 6.45) is -5.70. The molecule has 22 heteroatoms. The fraction of sp³-hybridized carbons (Fsp3) is 0.556. The van der Waals surface area contributed by atoms with Crippen LogP contribution < -0.4 is 70.4 Å². The Bertz CT molecular complexity index is 1020. The SMILES string of the molecule is O=c1ccn([C@@H]2O[C@H](COP(=O)(O)OP(=O)(O)OP(=O)(O)O)[C@@H](O)[C@H]2O)c(=O)[nH]1.[H-].[H-].[Na+].[Na+]. The van der Waals surface area contributed by atoms with Gasteiger partial charge in [0.15, 0.2) is 6.23 Å². The standard InChI is InChI=1S/C9H15N2O15P3.2Na.2H/c12-5-1-2-11(9(15)10-5)8-7(14)6(13)4(24-8)3-23-28(19,20)26-29(21,22)25-27(16,17)18;;;;/h1-2,4,6-8,13-14H,3H2,(H,19,20)(H,21,22)(H,10,12,15)(H2,16,17,18);;;;/q;2*+1;2*-1/t4-,6-,7-,8-;;;;/m1..../s1. The van der Waals surface area contributed by atoms with Crippen LogP contribution in [0.3, 0.4) is 0 Å². The summed E-state index contributed by atoms with van der Waals surface area (Å²) in [6, 6.07) is 0.920. The minimum atomic E-state index is -5.73. The van der Waals surface area contributed by atoms with Crippen LogP contribution in [-0.4, -0.2) is 64.3 Å². The third kappa shape index (κ3) is 9.62. The van der Waals surface area contributed by atoms with Crippen LogP contribution >= 0.6 is 23.5 Å². The van der Waals surface area contributed by atoms with Crippen molar-refractivity contribution in [2.24, 2.45) is 0 Å². The zero-order chi connectivity index (χ0) is 22.2. The quantitative estimate of drug-likeness (QED) is 0.121. The summed E-state index contributed by atoms with van der Waals surface area (Å²) in [4.78, 5) is 59.9. The van der Waals surface area contributed by atoms with E-state index in [0.717, 1.165) is 12.3 Å². The summed E-state index contributed by atoms with van der Waals surface area (Å²) in [5, 5.41) is 19.9. The number of hydrogen-bond acceptors (Lipinski definition) is 11. The fourth-order valence-electron chi connectivity index (χ4n) is 2.20. The predicted molar refractivity (Wildman–Crippen MR) is 89.3 cm³/mol. The zero-order valence-corrected chi connectivity index (χ0v) is 22.5. The van der Waals surface area contributed by atoms with Gasteiger partial charge in [-0.05, 0) is 0 Å². The molecule has 0 saturated carbocycles. The predicted octanol–water partition coefficient (Wildman–Crippen LogP) is -8.27. The number of hydrogen-bond donors (Lipinski definition) is 7. The van der Waals surface area contributed by atoms with Crippen LogP contribution in [0.5, 0.6) is 0 Å². The Labute approximate surface area is 219 Å². The maximum Gasteiger partial charge on any atom is 1.00 e. The van der Waals surface area contributed by atoms with Crippen LogP contribution in [0.2, 0.25) is 0 Å². The number of rotatable bonds is 8. The van der Waals surface area contributed by atoms with Crippen molar-refractivity contribution in [2.75, 3.05) is 6.61 Å². The van der Waals surface area contributed by atoms with Gasteiger partial charge in [0.05, 0.1) is 6.61 Å². The van der Waals surface area contributed by atoms with E-state index in [-0.39, 0.29) is 62.0 Å². The van der Waals surface area contributed by atoms with Crippen molar-refractivity contribution in [1.29, 1.82) is 0 Å². The van der Waals surface area contributed by atoms with Crippen LogP contribution in [0.15, 0.2) is 21.9 Å². The van der Waals surface area contributed by atoms with Crippen molar-refractivity contribution in [3.8, 4) is 0 Å². The Kier molecular flexibility index (Phi) is 12.5. The molecule has 2 heterocycles. The smallest absolute Gasteiger partial charge is 1.00 e. The molecule has 2 rings (SSSR count). The summed E-state index contributed by atoms with van der Waals surface area (Å²) < 4.78 is 50.6. The number of aliphatic hydroxyl groups excluding tert-OH is 2. The normalized spacial score (nSPS) is 27.4. The first-order valence-electron chi connectivity index (χ1n) is 7.22. The maximum atomic E-state index is 11.7. The number of aromatic nitrogens is 2. The van der Waals surface area contributed by atoms with Crippen molar-refractivity contribution < 1.29 is 123 Å². The number of phosphoric ester groups is 1. The van der Waals surface area contributed by atoms with Crippen molar-refractivity contribution in [1.82, 2.24) is 9.55 Å². The molecule has 1 saturated heterocycles. The summed E-state index contributed by atoms with van der Waals surface area (Å²) in [7, 11) is -16.8. The second-order valence-corrected chi connectivity index (χ2v) is 9.87. The molecule has 0 aliphatic carbocycles. The number of ether oxygens (including phenoxy) is 1. The molecule has 1 fully saturated rings. The molecule has 1 aliphatic heterocycles. The van der Waals surface area contributed by atoms with E-state index in [1.807, 2.05) is 4.98 Å². The van der Waals surface area contributed by atoms with E-state index >= 15 is 0 Å². The van der Waals surface area contributed by atoms with Gasteiger partial charge >= 0.3 is 88.3 Å². The van der Waals surface area contributed by atoms with Crippen LogP contribution in [-0.2, 0) is 31.6 Å². The summed E-state index contributed by atoms with van der Waals surface area (Å²) >= 11 is 0. The number of phosphoric acid groups is 3. The second-order valence-electron chi connectivity index (χ2n) is 5.45. The number of H-pyrrole nitrogens is 1. The number of nitrogens with zero attached hydrogens (tertiary/aromatic N) is 1. The molecule has 17 nitrogen and oxygen atoms in total. The molecule has 2 unspecified atom stereocenters. The van der Waals surface area contributed by atoms with E-state index in [1.165, 1.54) is 0 Å². The fourth-order valence-corrected chi connectivity index (χ4v) is 5.23. The minimum absolute atomic E-state index is 0. The van der Waals surface area contributed by atoms with Crippen LogP contribution in [0.1, 0.15) is 9.08 Å². The molecule has 0 spiro atoms. The van der Waals surface area contributed by atoms with Crippen LogP contribution in [0.25, 0.3) is 0 Å². The van der Waals surface area contributed by atoms with Crippen LogP contribution in [0.4, 0.5) is 0 Å². The van der Waals surface area contributed by atoms with Gasteiger partial charge < -0.3 is 37.4 Å². The first kappa shape index (κ1) is 32.0. The molecular formula is C9H17N2Na2O15P3. The zero-order valence-electron chi connectivity index (χ0n) is 17.8. The molecule has 170 valence electrons. The third-order valence-electron chi connectivity index (χ3n) is 3.28. The first-order valence-corrected chi connectivity index (χ1v) is 11.7. The summed E-state index contributed by atoms with van der Waals surface area (Å²) in [6.45, 7) is -1.05. The Morgan fingerprint density at radius 2 is 1.61 bits per heavy atom. The first-order chi connectivity index (χ1) is 13.1. The molecule has 0 radical (unpaired) electrons. The average Bonchev–Trinajstić information content (AvgIpc) is 2.78. The van der Waals surface area contributed by atoms with Crippen molar-refractivity contribution in [3.05, 3.63) is 33.1 Å². The number of aliphatic hydroxyl groups is 2. The van der Waals surface area contributed by atoms with E-state index in [0.29, 0.717) is 4.57 Å². The Hall–Kier alpha value is 0.970. The van der Waals surface area contributed by atoms with Gasteiger partial charge in [0.25, 0.3) is 5.56 Å². The summed E-state index contributed by atoms with van der Waals surface area (Å²) in [5.41, 5.74) is -1.74. The van der Waals surface area contributed by atoms with Gasteiger partial charge in [0, 0.05) is 12.3 Å². The Balaban J connectivity index is -0.00000225. The molecule has 1 aliphatic rings. The molecule has 1 aromatic rings. The van der Waals surface area contributed by atoms with E-state index < -0.39 is 65.9 Å². The van der Waals surface area contributed by atoms with Crippen molar-refractivity contribution in [3.63, 3.8) is 0 Å². The van der Waals surface area contributed by atoms with Gasteiger partial charge in [0.1, 0.15) is 18.3 Å². The summed E-state index contributed by atoms with van der Waals surface area (Å²) in [5.74, 6) is 0. The average molecular weight is 532 g/mol. The minimum Gasteiger partial charge on any atom is -1.00 e. The number of nitrogens with one attached hydrogen (secondary N) is 1. The molecule has 31 heavy (non-hydrogen) atoms. The molecule has 6 atom stereocenters. The molecule has 7 N–H and O–H groups in total. The van der Waals surface area contributed by atoms with E-state index in [9.17, 15) is 38.4 Å². The van der Waals surface area contributed by atoms with Crippen molar-refractivity contribution in [2.45, 2.75) is 24.5 Å². The molecule has 0 aromatic carbocycles. The molecule has 0 bridgehead atoms. The van der Waals surface area contributed by atoms with Gasteiger partial charge in [-0.25, -0.2) is 18.5 Å². The van der Waals surface area contributed by atoms with E-state index in [2.05, 4.69) is 13.1 Å². The van der Waals surface area contributed by atoms with Crippen LogP contribution in [0, 0.1) is 0 Å². The Morgan fingerprint density at radius 3 is 2.13 bits per heavy atom. The molecule has 0 amide bonds. The monoisotopic (exact) mass is 532 g/mol. The largest absolute Gasteiger partial charge is 1.00 e. The molecular weight excluding hydrogens is 515 g/mol. The van der Waals surface area contributed by atoms with Gasteiger partial charge in [-0.2, -0.15) is 8.62 Å².